The highest BCUT2D eigenvalue weighted by Crippen LogP contribution is 2.09. The first-order valence-corrected chi connectivity index (χ1v) is 7.74. The van der Waals surface area contributed by atoms with Crippen LogP contribution in [0.1, 0.15) is 35.1 Å². The molecular formula is C13H19N3O3S. The van der Waals surface area contributed by atoms with Gasteiger partial charge in [0.05, 0.1) is 17.0 Å². The molecule has 0 radical (unpaired) electrons. The molecule has 0 saturated heterocycles. The Labute approximate surface area is 122 Å². The Balaban J connectivity index is 2.88. The predicted octanol–water partition coefficient (Wildman–Crippen LogP) is 1.28. The van der Waals surface area contributed by atoms with Gasteiger partial charge in [-0.25, -0.2) is 4.79 Å². The maximum Gasteiger partial charge on any atom is 0.326 e. The van der Waals surface area contributed by atoms with Crippen molar-refractivity contribution in [2.75, 3.05) is 12.0 Å². The first-order chi connectivity index (χ1) is 9.49. The predicted molar refractivity (Wildman–Crippen MR) is 78.0 cm³/mol. The van der Waals surface area contributed by atoms with Crippen molar-refractivity contribution < 1.29 is 14.7 Å². The summed E-state index contributed by atoms with van der Waals surface area (Å²) in [6.07, 6.45) is 2.85. The molecule has 0 spiro atoms. The van der Waals surface area contributed by atoms with Crippen LogP contribution in [-0.4, -0.2) is 45.2 Å². The highest BCUT2D eigenvalue weighted by atomic mass is 32.2. The minimum Gasteiger partial charge on any atom is -0.480 e. The summed E-state index contributed by atoms with van der Waals surface area (Å²) in [5, 5.41) is 19.6. The lowest BCUT2D eigenvalue weighted by atomic mass is 10.1. The molecule has 7 heteroatoms. The van der Waals surface area contributed by atoms with E-state index in [9.17, 15) is 9.59 Å². The molecule has 0 aliphatic heterocycles. The van der Waals surface area contributed by atoms with E-state index in [1.54, 1.807) is 24.8 Å². The maximum absolute atomic E-state index is 12.2. The number of aliphatic carboxylic acids is 1. The molecule has 110 valence electrons. The van der Waals surface area contributed by atoms with Crippen LogP contribution in [0.2, 0.25) is 0 Å². The van der Waals surface area contributed by atoms with E-state index in [0.717, 1.165) is 0 Å². The quantitative estimate of drug-likeness (QED) is 0.787. The van der Waals surface area contributed by atoms with Crippen molar-refractivity contribution in [3.05, 3.63) is 23.0 Å². The molecule has 0 aromatic carbocycles. The average Bonchev–Trinajstić information content (AvgIpc) is 2.42. The molecule has 0 bridgehead atoms. The van der Waals surface area contributed by atoms with E-state index in [-0.39, 0.29) is 0 Å². The SMILES string of the molecule is CCc1nnc(C)cc1C(=O)N[C@H](CCSC)C(=O)O. The minimum atomic E-state index is -1.02. The van der Waals surface area contributed by atoms with Crippen LogP contribution in [-0.2, 0) is 11.2 Å². The van der Waals surface area contributed by atoms with Crippen LogP contribution in [0.4, 0.5) is 0 Å². The van der Waals surface area contributed by atoms with Gasteiger partial charge in [-0.15, -0.1) is 0 Å². The smallest absolute Gasteiger partial charge is 0.326 e. The summed E-state index contributed by atoms with van der Waals surface area (Å²) in [6.45, 7) is 3.62. The van der Waals surface area contributed by atoms with Crippen LogP contribution in [0.3, 0.4) is 0 Å². The second kappa shape index (κ2) is 7.84. The van der Waals surface area contributed by atoms with Crippen LogP contribution in [0.25, 0.3) is 0 Å². The van der Waals surface area contributed by atoms with E-state index >= 15 is 0 Å². The number of amides is 1. The second-order valence-electron chi connectivity index (χ2n) is 4.35. The fraction of sp³-hybridized carbons (Fsp3) is 0.538. The van der Waals surface area contributed by atoms with E-state index in [1.165, 1.54) is 0 Å². The summed E-state index contributed by atoms with van der Waals surface area (Å²) >= 11 is 1.54. The van der Waals surface area contributed by atoms with E-state index < -0.39 is 17.9 Å². The summed E-state index contributed by atoms with van der Waals surface area (Å²) in [5.74, 6) is -0.761. The summed E-state index contributed by atoms with van der Waals surface area (Å²) in [4.78, 5) is 23.3. The highest BCUT2D eigenvalue weighted by molar-refractivity contribution is 7.98. The molecular weight excluding hydrogens is 278 g/mol. The number of nitrogens with zero attached hydrogens (tertiary/aromatic N) is 2. The van der Waals surface area contributed by atoms with Gasteiger partial charge in [-0.05, 0) is 37.8 Å². The topological polar surface area (TPSA) is 92.2 Å². The third-order valence-corrected chi connectivity index (χ3v) is 3.43. The van der Waals surface area contributed by atoms with Gasteiger partial charge in [0, 0.05) is 0 Å². The Morgan fingerprint density at radius 2 is 2.15 bits per heavy atom. The number of carboxylic acid groups (broad SMARTS) is 1. The molecule has 1 aromatic rings. The molecule has 1 heterocycles. The van der Waals surface area contributed by atoms with E-state index in [0.29, 0.717) is 35.5 Å². The van der Waals surface area contributed by atoms with Crippen molar-refractivity contribution in [1.29, 1.82) is 0 Å². The minimum absolute atomic E-state index is 0.390. The van der Waals surface area contributed by atoms with Crippen molar-refractivity contribution in [3.63, 3.8) is 0 Å². The molecule has 1 aromatic heterocycles. The Morgan fingerprint density at radius 1 is 1.45 bits per heavy atom. The molecule has 0 aliphatic carbocycles. The van der Waals surface area contributed by atoms with Gasteiger partial charge in [-0.3, -0.25) is 4.79 Å². The lowest BCUT2D eigenvalue weighted by Crippen LogP contribution is -2.41. The van der Waals surface area contributed by atoms with Crippen LogP contribution >= 0.6 is 11.8 Å². The lowest BCUT2D eigenvalue weighted by Gasteiger charge is -2.15. The fourth-order valence-electron chi connectivity index (χ4n) is 1.70. The van der Waals surface area contributed by atoms with Crippen molar-refractivity contribution in [3.8, 4) is 0 Å². The van der Waals surface area contributed by atoms with Gasteiger partial charge in [-0.1, -0.05) is 6.92 Å². The van der Waals surface area contributed by atoms with Crippen LogP contribution in [0, 0.1) is 6.92 Å². The number of carbonyl (C=O) groups excluding carboxylic acids is 1. The number of carboxylic acids is 1. The van der Waals surface area contributed by atoms with Crippen molar-refractivity contribution in [2.45, 2.75) is 32.7 Å². The fourth-order valence-corrected chi connectivity index (χ4v) is 2.17. The third-order valence-electron chi connectivity index (χ3n) is 2.79. The number of hydrogen-bond donors (Lipinski definition) is 2. The summed E-state index contributed by atoms with van der Waals surface area (Å²) in [7, 11) is 0. The number of hydrogen-bond acceptors (Lipinski definition) is 5. The van der Waals surface area contributed by atoms with E-state index in [4.69, 9.17) is 5.11 Å². The molecule has 0 fully saturated rings. The van der Waals surface area contributed by atoms with Gasteiger partial charge in [0.25, 0.3) is 5.91 Å². The lowest BCUT2D eigenvalue weighted by molar-refractivity contribution is -0.139. The number of thioether (sulfide) groups is 1. The molecule has 1 rings (SSSR count). The summed E-state index contributed by atoms with van der Waals surface area (Å²) < 4.78 is 0. The second-order valence-corrected chi connectivity index (χ2v) is 5.33. The Hall–Kier alpha value is -1.63. The normalized spacial score (nSPS) is 11.9. The zero-order valence-electron chi connectivity index (χ0n) is 11.8. The van der Waals surface area contributed by atoms with Gasteiger partial charge in [0.1, 0.15) is 6.04 Å². The van der Waals surface area contributed by atoms with Crippen LogP contribution < -0.4 is 5.32 Å². The Bertz CT molecular complexity index is 494. The molecule has 0 saturated carbocycles. The maximum atomic E-state index is 12.2. The van der Waals surface area contributed by atoms with E-state index in [2.05, 4.69) is 15.5 Å². The number of carbonyl (C=O) groups is 2. The number of aromatic nitrogens is 2. The van der Waals surface area contributed by atoms with Crippen molar-refractivity contribution >= 4 is 23.6 Å². The molecule has 1 amide bonds. The number of aryl methyl sites for hydroxylation is 2. The monoisotopic (exact) mass is 297 g/mol. The number of nitrogens with one attached hydrogen (secondary N) is 1. The van der Waals surface area contributed by atoms with Crippen molar-refractivity contribution in [2.24, 2.45) is 0 Å². The largest absolute Gasteiger partial charge is 0.480 e. The molecule has 0 aliphatic rings. The van der Waals surface area contributed by atoms with Gasteiger partial charge in [0.15, 0.2) is 0 Å². The first-order valence-electron chi connectivity index (χ1n) is 6.35. The first kappa shape index (κ1) is 16.4. The Morgan fingerprint density at radius 3 is 2.70 bits per heavy atom. The van der Waals surface area contributed by atoms with Gasteiger partial charge in [-0.2, -0.15) is 22.0 Å². The molecule has 1 atom stereocenters. The van der Waals surface area contributed by atoms with Crippen LogP contribution in [0.15, 0.2) is 6.07 Å². The number of rotatable bonds is 7. The molecule has 0 unspecified atom stereocenters. The van der Waals surface area contributed by atoms with E-state index in [1.807, 2.05) is 13.2 Å². The zero-order chi connectivity index (χ0) is 15.1. The highest BCUT2D eigenvalue weighted by Gasteiger charge is 2.22. The molecule has 2 N–H and O–H groups in total. The standard InChI is InChI=1S/C13H19N3O3S/c1-4-10-9(7-8(2)15-16-10)12(17)14-11(13(18)19)5-6-20-3/h7,11H,4-6H2,1-3H3,(H,14,17)(H,18,19)/t11-/m1/s1. The van der Waals surface area contributed by atoms with Gasteiger partial charge in [0.2, 0.25) is 0 Å². The Kier molecular flexibility index (Phi) is 6.44. The molecule has 20 heavy (non-hydrogen) atoms. The third kappa shape index (κ3) is 4.48. The average molecular weight is 297 g/mol. The van der Waals surface area contributed by atoms with Gasteiger partial charge < -0.3 is 10.4 Å². The summed E-state index contributed by atoms with van der Waals surface area (Å²) in [6, 6.07) is 0.752. The van der Waals surface area contributed by atoms with Crippen LogP contribution in [0.5, 0.6) is 0 Å². The zero-order valence-corrected chi connectivity index (χ0v) is 12.7. The van der Waals surface area contributed by atoms with Crippen molar-refractivity contribution in [1.82, 2.24) is 15.5 Å². The van der Waals surface area contributed by atoms with Gasteiger partial charge >= 0.3 is 5.97 Å². The summed E-state index contributed by atoms with van der Waals surface area (Å²) in [5.41, 5.74) is 1.60. The molecule has 6 nitrogen and oxygen atoms in total.